The van der Waals surface area contributed by atoms with Gasteiger partial charge in [0.05, 0.1) is 16.8 Å². The molecule has 0 bridgehead atoms. The molecule has 1 saturated heterocycles. The highest BCUT2D eigenvalue weighted by Gasteiger charge is 2.26. The summed E-state index contributed by atoms with van der Waals surface area (Å²) < 4.78 is 1.70. The van der Waals surface area contributed by atoms with Crippen LogP contribution in [-0.4, -0.2) is 34.1 Å². The quantitative estimate of drug-likeness (QED) is 0.871. The van der Waals surface area contributed by atoms with E-state index in [1.807, 2.05) is 0 Å². The predicted octanol–water partition coefficient (Wildman–Crippen LogP) is 1.32. The van der Waals surface area contributed by atoms with Crippen LogP contribution in [0.1, 0.15) is 16.8 Å². The van der Waals surface area contributed by atoms with Gasteiger partial charge in [-0.25, -0.2) is 9.59 Å². The van der Waals surface area contributed by atoms with Crippen molar-refractivity contribution in [3.63, 3.8) is 0 Å². The van der Waals surface area contributed by atoms with E-state index in [1.165, 1.54) is 11.0 Å². The minimum absolute atomic E-state index is 0.176. The number of carboxylic acids is 1. The first-order chi connectivity index (χ1) is 9.99. The first kappa shape index (κ1) is 13.2. The molecule has 1 aromatic heterocycles. The number of anilines is 1. The number of urea groups is 1. The van der Waals surface area contributed by atoms with Crippen molar-refractivity contribution in [2.45, 2.75) is 6.42 Å². The molecule has 0 radical (unpaired) electrons. The van der Waals surface area contributed by atoms with E-state index in [-0.39, 0.29) is 24.4 Å². The Morgan fingerprint density at radius 2 is 2.05 bits per heavy atom. The van der Waals surface area contributed by atoms with Gasteiger partial charge in [0.2, 0.25) is 5.91 Å². The Morgan fingerprint density at radius 3 is 2.71 bits per heavy atom. The van der Waals surface area contributed by atoms with Crippen LogP contribution in [0.25, 0.3) is 10.9 Å². The summed E-state index contributed by atoms with van der Waals surface area (Å²) in [5.74, 6) is -1.32. The number of rotatable bonds is 2. The summed E-state index contributed by atoms with van der Waals surface area (Å²) in [5.41, 5.74) is 1.32. The van der Waals surface area contributed by atoms with Crippen molar-refractivity contribution in [1.29, 1.82) is 0 Å². The van der Waals surface area contributed by atoms with Gasteiger partial charge in [-0.05, 0) is 18.2 Å². The molecule has 7 heteroatoms. The van der Waals surface area contributed by atoms with Crippen LogP contribution < -0.4 is 10.2 Å². The number of carbonyl (C=O) groups excluding carboxylic acids is 2. The molecule has 3 amide bonds. The van der Waals surface area contributed by atoms with E-state index in [0.29, 0.717) is 16.6 Å². The number of amides is 3. The highest BCUT2D eigenvalue weighted by atomic mass is 16.4. The number of hydrogen-bond donors (Lipinski definition) is 2. The number of nitrogens with one attached hydrogen (secondary N) is 1. The maximum absolute atomic E-state index is 11.9. The van der Waals surface area contributed by atoms with Crippen LogP contribution >= 0.6 is 0 Å². The molecule has 0 spiro atoms. The number of carboxylic acid groups (broad SMARTS) is 1. The predicted molar refractivity (Wildman–Crippen MR) is 75.4 cm³/mol. The lowest BCUT2D eigenvalue weighted by molar-refractivity contribution is -0.120. The van der Waals surface area contributed by atoms with E-state index >= 15 is 0 Å². The molecule has 1 aliphatic heterocycles. The van der Waals surface area contributed by atoms with Gasteiger partial charge in [-0.15, -0.1) is 0 Å². The summed E-state index contributed by atoms with van der Waals surface area (Å²) in [6, 6.07) is 4.35. The average Bonchev–Trinajstić information content (AvgIpc) is 2.81. The van der Waals surface area contributed by atoms with Crippen molar-refractivity contribution in [2.75, 3.05) is 11.4 Å². The van der Waals surface area contributed by atoms with Crippen LogP contribution in [0.3, 0.4) is 0 Å². The maximum Gasteiger partial charge on any atom is 0.337 e. The Kier molecular flexibility index (Phi) is 2.90. The van der Waals surface area contributed by atoms with Gasteiger partial charge >= 0.3 is 12.0 Å². The third kappa shape index (κ3) is 2.03. The topological polar surface area (TPSA) is 91.6 Å². The van der Waals surface area contributed by atoms with Crippen LogP contribution in [-0.2, 0) is 11.8 Å². The summed E-state index contributed by atoms with van der Waals surface area (Å²) in [4.78, 5) is 35.9. The molecule has 2 aromatic rings. The van der Waals surface area contributed by atoms with Crippen molar-refractivity contribution in [1.82, 2.24) is 9.88 Å². The lowest BCUT2D eigenvalue weighted by Gasteiger charge is -2.27. The van der Waals surface area contributed by atoms with Crippen molar-refractivity contribution in [3.8, 4) is 0 Å². The third-order valence-electron chi connectivity index (χ3n) is 3.59. The first-order valence-corrected chi connectivity index (χ1v) is 6.41. The van der Waals surface area contributed by atoms with Crippen molar-refractivity contribution in [2.24, 2.45) is 7.05 Å². The van der Waals surface area contributed by atoms with E-state index in [0.717, 1.165) is 0 Å². The SMILES string of the molecule is Cn1ccc2c(N3CCC(=O)NC3=O)ccc(C(=O)O)c21. The molecule has 1 aliphatic rings. The van der Waals surface area contributed by atoms with E-state index in [4.69, 9.17) is 0 Å². The first-order valence-electron chi connectivity index (χ1n) is 6.41. The summed E-state index contributed by atoms with van der Waals surface area (Å²) in [6.45, 7) is 0.279. The van der Waals surface area contributed by atoms with Gasteiger partial charge < -0.3 is 9.67 Å². The molecule has 1 aromatic carbocycles. The lowest BCUT2D eigenvalue weighted by atomic mass is 10.1. The Hall–Kier alpha value is -2.83. The van der Waals surface area contributed by atoms with E-state index < -0.39 is 12.0 Å². The second kappa shape index (κ2) is 4.62. The number of aryl methyl sites for hydroxylation is 1. The molecular weight excluding hydrogens is 274 g/mol. The average molecular weight is 287 g/mol. The number of aromatic carboxylic acids is 1. The summed E-state index contributed by atoms with van der Waals surface area (Å²) in [6.07, 6.45) is 1.97. The van der Waals surface area contributed by atoms with Gasteiger partial charge in [-0.1, -0.05) is 0 Å². The lowest BCUT2D eigenvalue weighted by Crippen LogP contribution is -2.49. The number of imide groups is 1. The van der Waals surface area contributed by atoms with Crippen LogP contribution in [0.2, 0.25) is 0 Å². The van der Waals surface area contributed by atoms with Crippen LogP contribution in [0.5, 0.6) is 0 Å². The summed E-state index contributed by atoms with van der Waals surface area (Å²) in [5, 5.41) is 12.2. The molecule has 1 fully saturated rings. The molecule has 3 rings (SSSR count). The molecule has 0 atom stereocenters. The van der Waals surface area contributed by atoms with Gasteiger partial charge in [0.25, 0.3) is 0 Å². The van der Waals surface area contributed by atoms with Crippen LogP contribution in [0.4, 0.5) is 10.5 Å². The Bertz CT molecular complexity index is 778. The molecule has 2 N–H and O–H groups in total. The smallest absolute Gasteiger partial charge is 0.337 e. The molecule has 7 nitrogen and oxygen atoms in total. The van der Waals surface area contributed by atoms with Crippen LogP contribution in [0, 0.1) is 0 Å². The molecule has 0 aliphatic carbocycles. The molecule has 0 saturated carbocycles. The second-order valence-corrected chi connectivity index (χ2v) is 4.88. The minimum atomic E-state index is -1.02. The number of hydrogen-bond acceptors (Lipinski definition) is 3. The van der Waals surface area contributed by atoms with Gasteiger partial charge in [0.15, 0.2) is 0 Å². The summed E-state index contributed by atoms with van der Waals surface area (Å²) >= 11 is 0. The number of aromatic nitrogens is 1. The van der Waals surface area contributed by atoms with E-state index in [1.54, 1.807) is 29.9 Å². The standard InChI is InChI=1S/C14H13N3O4/c1-16-6-4-8-10(3-2-9(12(8)16)13(19)20)17-7-5-11(18)15-14(17)21/h2-4,6H,5,7H2,1H3,(H,19,20)(H,15,18,21). The Labute approximate surface area is 119 Å². The zero-order chi connectivity index (χ0) is 15.1. The van der Waals surface area contributed by atoms with Gasteiger partial charge in [-0.2, -0.15) is 0 Å². The molecule has 2 heterocycles. The van der Waals surface area contributed by atoms with Crippen LogP contribution in [0.15, 0.2) is 24.4 Å². The highest BCUT2D eigenvalue weighted by Crippen LogP contribution is 2.31. The minimum Gasteiger partial charge on any atom is -0.478 e. The van der Waals surface area contributed by atoms with Gasteiger partial charge in [-0.3, -0.25) is 15.0 Å². The molecule has 0 unspecified atom stereocenters. The number of fused-ring (bicyclic) bond motifs is 1. The number of nitrogens with zero attached hydrogens (tertiary/aromatic N) is 2. The zero-order valence-corrected chi connectivity index (χ0v) is 11.3. The Balaban J connectivity index is 2.17. The molecule has 21 heavy (non-hydrogen) atoms. The highest BCUT2D eigenvalue weighted by molar-refractivity contribution is 6.12. The zero-order valence-electron chi connectivity index (χ0n) is 11.3. The maximum atomic E-state index is 11.9. The van der Waals surface area contributed by atoms with Gasteiger partial charge in [0, 0.05) is 31.6 Å². The van der Waals surface area contributed by atoms with Crippen molar-refractivity contribution in [3.05, 3.63) is 30.0 Å². The second-order valence-electron chi connectivity index (χ2n) is 4.88. The van der Waals surface area contributed by atoms with Gasteiger partial charge in [0.1, 0.15) is 0 Å². The monoisotopic (exact) mass is 287 g/mol. The number of benzene rings is 1. The normalized spacial score (nSPS) is 15.4. The fourth-order valence-electron chi connectivity index (χ4n) is 2.60. The van der Waals surface area contributed by atoms with E-state index in [9.17, 15) is 19.5 Å². The fourth-order valence-corrected chi connectivity index (χ4v) is 2.60. The molecule has 108 valence electrons. The summed E-state index contributed by atoms with van der Waals surface area (Å²) in [7, 11) is 1.75. The largest absolute Gasteiger partial charge is 0.478 e. The van der Waals surface area contributed by atoms with Crippen molar-refractivity contribution >= 4 is 34.5 Å². The van der Waals surface area contributed by atoms with Crippen molar-refractivity contribution < 1.29 is 19.5 Å². The molecular formula is C14H13N3O4. The van der Waals surface area contributed by atoms with E-state index in [2.05, 4.69) is 5.32 Å². The Morgan fingerprint density at radius 1 is 1.29 bits per heavy atom. The fraction of sp³-hybridized carbons (Fsp3) is 0.214. The number of carbonyl (C=O) groups is 3. The third-order valence-corrected chi connectivity index (χ3v) is 3.59.